The maximum absolute atomic E-state index is 13.1. The van der Waals surface area contributed by atoms with E-state index < -0.39 is 36.3 Å². The second-order valence-electron chi connectivity index (χ2n) is 7.00. The van der Waals surface area contributed by atoms with E-state index in [1.165, 1.54) is 4.90 Å². The van der Waals surface area contributed by atoms with Gasteiger partial charge in [0.1, 0.15) is 12.6 Å². The second-order valence-corrected chi connectivity index (χ2v) is 7.00. The molecule has 4 rings (SSSR count). The van der Waals surface area contributed by atoms with Crippen molar-refractivity contribution in [2.24, 2.45) is 0 Å². The summed E-state index contributed by atoms with van der Waals surface area (Å²) in [5.74, 6) is -1.95. The Morgan fingerprint density at radius 3 is 2.17 bits per heavy atom. The third-order valence-corrected chi connectivity index (χ3v) is 5.30. The van der Waals surface area contributed by atoms with Crippen LogP contribution in [0.3, 0.4) is 0 Å². The van der Waals surface area contributed by atoms with Gasteiger partial charge in [-0.25, -0.2) is 4.79 Å². The minimum absolute atomic E-state index is 0.206. The molecule has 2 aromatic rings. The van der Waals surface area contributed by atoms with Gasteiger partial charge in [-0.2, -0.15) is 0 Å². The summed E-state index contributed by atoms with van der Waals surface area (Å²) in [5, 5.41) is 0. The van der Waals surface area contributed by atoms with Gasteiger partial charge in [-0.15, -0.1) is 0 Å². The topological polar surface area (TPSA) is 84.0 Å². The highest BCUT2D eigenvalue weighted by Gasteiger charge is 2.40. The number of benzene rings is 2. The van der Waals surface area contributed by atoms with E-state index in [1.54, 1.807) is 31.2 Å². The molecule has 1 unspecified atom stereocenters. The van der Waals surface area contributed by atoms with Gasteiger partial charge < -0.3 is 9.64 Å². The van der Waals surface area contributed by atoms with Gasteiger partial charge in [0, 0.05) is 13.0 Å². The lowest BCUT2D eigenvalue weighted by Gasteiger charge is -2.36. The molecular weight excluding hydrogens is 372 g/mol. The minimum Gasteiger partial charge on any atom is -0.464 e. The Bertz CT molecular complexity index is 981. The van der Waals surface area contributed by atoms with Crippen molar-refractivity contribution in [2.75, 3.05) is 13.2 Å². The summed E-state index contributed by atoms with van der Waals surface area (Å²) < 4.78 is 5.16. The number of hydrogen-bond acceptors (Lipinski definition) is 5. The largest absolute Gasteiger partial charge is 0.464 e. The Labute approximate surface area is 167 Å². The lowest BCUT2D eigenvalue weighted by atomic mass is 9.94. The zero-order valence-corrected chi connectivity index (χ0v) is 16.0. The van der Waals surface area contributed by atoms with E-state index in [4.69, 9.17) is 4.74 Å². The molecule has 1 atom stereocenters. The first-order chi connectivity index (χ1) is 14.0. The van der Waals surface area contributed by atoms with E-state index >= 15 is 0 Å². The number of nitrogens with zero attached hydrogens (tertiary/aromatic N) is 2. The Hall–Kier alpha value is -3.48. The molecule has 3 amide bonds. The fourth-order valence-corrected chi connectivity index (χ4v) is 3.84. The molecule has 0 radical (unpaired) electrons. The van der Waals surface area contributed by atoms with E-state index in [-0.39, 0.29) is 24.3 Å². The van der Waals surface area contributed by atoms with Crippen LogP contribution in [0.4, 0.5) is 0 Å². The third kappa shape index (κ3) is 3.29. The van der Waals surface area contributed by atoms with Gasteiger partial charge in [-0.1, -0.05) is 36.4 Å². The number of imide groups is 1. The van der Waals surface area contributed by atoms with Crippen molar-refractivity contribution in [3.05, 3.63) is 70.8 Å². The summed E-state index contributed by atoms with van der Waals surface area (Å²) >= 11 is 0. The van der Waals surface area contributed by atoms with Gasteiger partial charge in [0.2, 0.25) is 5.91 Å². The summed E-state index contributed by atoms with van der Waals surface area (Å²) in [5.41, 5.74) is 2.49. The maximum Gasteiger partial charge on any atom is 0.329 e. The molecule has 0 aromatic heterocycles. The highest BCUT2D eigenvalue weighted by Crippen LogP contribution is 2.26. The Kier molecular flexibility index (Phi) is 4.88. The van der Waals surface area contributed by atoms with Gasteiger partial charge in [-0.3, -0.25) is 19.3 Å². The summed E-state index contributed by atoms with van der Waals surface area (Å²) in [6.45, 7) is 1.73. The highest BCUT2D eigenvalue weighted by atomic mass is 16.5. The van der Waals surface area contributed by atoms with Crippen LogP contribution >= 0.6 is 0 Å². The number of ether oxygens (including phenoxy) is 1. The quantitative estimate of drug-likeness (QED) is 0.585. The Morgan fingerprint density at radius 2 is 1.55 bits per heavy atom. The first-order valence-electron chi connectivity index (χ1n) is 9.49. The van der Waals surface area contributed by atoms with Crippen molar-refractivity contribution in [1.82, 2.24) is 9.80 Å². The van der Waals surface area contributed by atoms with Crippen molar-refractivity contribution < 1.29 is 23.9 Å². The molecule has 0 bridgehead atoms. The van der Waals surface area contributed by atoms with Crippen LogP contribution in [0, 0.1) is 0 Å². The lowest BCUT2D eigenvalue weighted by Crippen LogP contribution is -2.52. The number of hydrogen-bond donors (Lipinski definition) is 0. The molecule has 0 saturated heterocycles. The van der Waals surface area contributed by atoms with Crippen LogP contribution in [0.25, 0.3) is 0 Å². The molecule has 7 nitrogen and oxygen atoms in total. The average molecular weight is 392 g/mol. The number of carbonyl (C=O) groups is 4. The van der Waals surface area contributed by atoms with Crippen molar-refractivity contribution in [2.45, 2.75) is 25.9 Å². The number of rotatable bonds is 4. The monoisotopic (exact) mass is 392 g/mol. The van der Waals surface area contributed by atoms with Gasteiger partial charge in [0.05, 0.1) is 17.7 Å². The molecule has 2 aliphatic rings. The SMILES string of the molecule is CCOC(=O)C1Cc2ccccc2CN1C(=O)CN1C(=O)c2ccccc2C1=O. The molecular formula is C22H20N2O5. The minimum atomic E-state index is -0.785. The molecule has 0 spiro atoms. The van der Waals surface area contributed by atoms with Gasteiger partial charge in [0.15, 0.2) is 0 Å². The number of amides is 3. The van der Waals surface area contributed by atoms with E-state index in [9.17, 15) is 19.2 Å². The van der Waals surface area contributed by atoms with Gasteiger partial charge in [0.25, 0.3) is 11.8 Å². The molecule has 7 heteroatoms. The Morgan fingerprint density at radius 1 is 0.966 bits per heavy atom. The molecule has 2 aliphatic heterocycles. The molecule has 29 heavy (non-hydrogen) atoms. The lowest BCUT2D eigenvalue weighted by molar-refractivity contribution is -0.156. The first-order valence-corrected chi connectivity index (χ1v) is 9.49. The van der Waals surface area contributed by atoms with Crippen molar-refractivity contribution in [3.8, 4) is 0 Å². The first kappa shape index (κ1) is 18.9. The molecule has 0 fully saturated rings. The van der Waals surface area contributed by atoms with E-state index in [0.29, 0.717) is 6.42 Å². The van der Waals surface area contributed by atoms with Crippen LogP contribution in [-0.4, -0.2) is 52.7 Å². The molecule has 2 heterocycles. The fraction of sp³-hybridized carbons (Fsp3) is 0.273. The Balaban J connectivity index is 1.59. The van der Waals surface area contributed by atoms with Crippen molar-refractivity contribution in [1.29, 1.82) is 0 Å². The third-order valence-electron chi connectivity index (χ3n) is 5.30. The van der Waals surface area contributed by atoms with E-state index in [2.05, 4.69) is 0 Å². The summed E-state index contributed by atoms with van der Waals surface area (Å²) in [6, 6.07) is 13.3. The number of esters is 1. The van der Waals surface area contributed by atoms with Crippen LogP contribution in [-0.2, 0) is 27.3 Å². The van der Waals surface area contributed by atoms with Crippen molar-refractivity contribution >= 4 is 23.7 Å². The zero-order valence-electron chi connectivity index (χ0n) is 16.0. The summed E-state index contributed by atoms with van der Waals surface area (Å²) in [4.78, 5) is 53.1. The average Bonchev–Trinajstić information content (AvgIpc) is 2.98. The van der Waals surface area contributed by atoms with E-state index in [1.807, 2.05) is 24.3 Å². The molecule has 0 saturated carbocycles. The number of carbonyl (C=O) groups excluding carboxylic acids is 4. The molecule has 148 valence electrons. The second kappa shape index (κ2) is 7.50. The summed E-state index contributed by atoms with van der Waals surface area (Å²) in [7, 11) is 0. The van der Waals surface area contributed by atoms with E-state index in [0.717, 1.165) is 16.0 Å². The van der Waals surface area contributed by atoms with Crippen LogP contribution in [0.5, 0.6) is 0 Å². The normalized spacial score (nSPS) is 17.8. The summed E-state index contributed by atoms with van der Waals surface area (Å²) in [6.07, 6.45) is 0.336. The molecule has 0 N–H and O–H groups in total. The van der Waals surface area contributed by atoms with Gasteiger partial charge in [-0.05, 0) is 30.2 Å². The van der Waals surface area contributed by atoms with Crippen LogP contribution in [0.1, 0.15) is 38.8 Å². The molecule has 0 aliphatic carbocycles. The van der Waals surface area contributed by atoms with Crippen molar-refractivity contribution in [3.63, 3.8) is 0 Å². The standard InChI is InChI=1S/C22H20N2O5/c1-2-29-22(28)18-11-14-7-3-4-8-15(14)12-23(18)19(25)13-24-20(26)16-9-5-6-10-17(16)21(24)27/h3-10,18H,2,11-13H2,1H3. The van der Waals surface area contributed by atoms with Crippen LogP contribution in [0.2, 0.25) is 0 Å². The maximum atomic E-state index is 13.1. The fourth-order valence-electron chi connectivity index (χ4n) is 3.84. The van der Waals surface area contributed by atoms with Crippen LogP contribution in [0.15, 0.2) is 48.5 Å². The number of fused-ring (bicyclic) bond motifs is 2. The van der Waals surface area contributed by atoms with Gasteiger partial charge >= 0.3 is 5.97 Å². The molecule has 2 aromatic carbocycles. The smallest absolute Gasteiger partial charge is 0.329 e. The zero-order chi connectivity index (χ0) is 20.5. The van der Waals surface area contributed by atoms with Crippen LogP contribution < -0.4 is 0 Å². The predicted molar refractivity (Wildman–Crippen MR) is 103 cm³/mol. The predicted octanol–water partition coefficient (Wildman–Crippen LogP) is 1.80. The highest BCUT2D eigenvalue weighted by molar-refractivity contribution is 6.22.